The van der Waals surface area contributed by atoms with Crippen molar-refractivity contribution in [3.05, 3.63) is 0 Å². The first-order valence-electron chi connectivity index (χ1n) is 9.51. The van der Waals surface area contributed by atoms with Gasteiger partial charge in [0, 0.05) is 0 Å². The van der Waals surface area contributed by atoms with E-state index in [2.05, 4.69) is 41.5 Å². The van der Waals surface area contributed by atoms with Gasteiger partial charge >= 0.3 is 0 Å². The van der Waals surface area contributed by atoms with E-state index in [0.717, 1.165) is 23.7 Å². The van der Waals surface area contributed by atoms with Gasteiger partial charge in [-0.3, -0.25) is 0 Å². The molecule has 0 N–H and O–H groups in total. The number of rotatable bonds is 13. The summed E-state index contributed by atoms with van der Waals surface area (Å²) in [4.78, 5) is 0. The molecule has 0 saturated carbocycles. The van der Waals surface area contributed by atoms with E-state index in [1.165, 1.54) is 64.2 Å². The molecule has 0 radical (unpaired) electrons. The maximum absolute atomic E-state index is 2.46. The van der Waals surface area contributed by atoms with Crippen LogP contribution in [0.1, 0.15) is 106 Å². The van der Waals surface area contributed by atoms with Crippen molar-refractivity contribution in [2.24, 2.45) is 23.7 Å². The van der Waals surface area contributed by atoms with Gasteiger partial charge in [0.05, 0.1) is 0 Å². The topological polar surface area (TPSA) is 0 Å². The van der Waals surface area contributed by atoms with Crippen molar-refractivity contribution in [3.8, 4) is 0 Å². The Hall–Kier alpha value is 0. The van der Waals surface area contributed by atoms with Crippen LogP contribution >= 0.6 is 0 Å². The molecular formula is C20H42. The number of hydrogen-bond acceptors (Lipinski definition) is 0. The zero-order chi connectivity index (χ0) is 15.4. The summed E-state index contributed by atoms with van der Waals surface area (Å²) < 4.78 is 0. The Morgan fingerprint density at radius 1 is 0.550 bits per heavy atom. The van der Waals surface area contributed by atoms with Crippen LogP contribution in [0.25, 0.3) is 0 Å². The highest BCUT2D eigenvalue weighted by atomic mass is 14.2. The lowest BCUT2D eigenvalue weighted by atomic mass is 9.82. The Morgan fingerprint density at radius 3 is 1.25 bits per heavy atom. The molecule has 0 spiro atoms. The molecule has 0 fully saturated rings. The van der Waals surface area contributed by atoms with Crippen LogP contribution in [0.15, 0.2) is 0 Å². The maximum atomic E-state index is 2.46. The first-order valence-corrected chi connectivity index (χ1v) is 9.51. The first-order chi connectivity index (χ1) is 9.51. The third-order valence-electron chi connectivity index (χ3n) is 5.10. The molecule has 0 aliphatic heterocycles. The van der Waals surface area contributed by atoms with Crippen molar-refractivity contribution >= 4 is 0 Å². The Labute approximate surface area is 130 Å². The monoisotopic (exact) mass is 282 g/mol. The van der Waals surface area contributed by atoms with Crippen LogP contribution in [-0.4, -0.2) is 0 Å². The second kappa shape index (κ2) is 12.7. The average Bonchev–Trinajstić information content (AvgIpc) is 2.42. The molecule has 0 bridgehead atoms. The molecule has 0 rings (SSSR count). The fourth-order valence-electron chi connectivity index (χ4n) is 3.20. The van der Waals surface area contributed by atoms with Crippen LogP contribution < -0.4 is 0 Å². The van der Waals surface area contributed by atoms with E-state index in [1.807, 2.05) is 0 Å². The van der Waals surface area contributed by atoms with Gasteiger partial charge in [-0.15, -0.1) is 0 Å². The zero-order valence-electron chi connectivity index (χ0n) is 15.4. The molecule has 0 amide bonds. The van der Waals surface area contributed by atoms with Crippen molar-refractivity contribution in [1.82, 2.24) is 0 Å². The van der Waals surface area contributed by atoms with Crippen molar-refractivity contribution in [1.29, 1.82) is 0 Å². The maximum Gasteiger partial charge on any atom is -0.0391 e. The quantitative estimate of drug-likeness (QED) is 0.328. The molecule has 0 heterocycles. The predicted molar refractivity (Wildman–Crippen MR) is 94.2 cm³/mol. The second-order valence-corrected chi connectivity index (χ2v) is 7.65. The lowest BCUT2D eigenvalue weighted by Gasteiger charge is -2.24. The van der Waals surface area contributed by atoms with E-state index in [4.69, 9.17) is 0 Å². The van der Waals surface area contributed by atoms with Crippen LogP contribution in [0.4, 0.5) is 0 Å². The Morgan fingerprint density at radius 2 is 0.950 bits per heavy atom. The summed E-state index contributed by atoms with van der Waals surface area (Å²) in [5.41, 5.74) is 0. The van der Waals surface area contributed by atoms with Gasteiger partial charge in [-0.2, -0.15) is 0 Å². The van der Waals surface area contributed by atoms with Gasteiger partial charge in [0.15, 0.2) is 0 Å². The van der Waals surface area contributed by atoms with Gasteiger partial charge in [-0.25, -0.2) is 0 Å². The lowest BCUT2D eigenvalue weighted by Crippen LogP contribution is -2.12. The largest absolute Gasteiger partial charge is 0.0654 e. The van der Waals surface area contributed by atoms with Crippen LogP contribution in [0.2, 0.25) is 0 Å². The molecule has 0 aromatic rings. The molecule has 2 atom stereocenters. The van der Waals surface area contributed by atoms with E-state index >= 15 is 0 Å². The highest BCUT2D eigenvalue weighted by molar-refractivity contribution is 4.67. The molecule has 20 heavy (non-hydrogen) atoms. The van der Waals surface area contributed by atoms with Crippen LogP contribution in [0.5, 0.6) is 0 Å². The summed E-state index contributed by atoms with van der Waals surface area (Å²) in [7, 11) is 0. The van der Waals surface area contributed by atoms with Gasteiger partial charge in [0.2, 0.25) is 0 Å². The Kier molecular flexibility index (Phi) is 12.7. The molecule has 0 nitrogen and oxygen atoms in total. The predicted octanol–water partition coefficient (Wildman–Crippen LogP) is 7.47. The van der Waals surface area contributed by atoms with Crippen molar-refractivity contribution in [2.45, 2.75) is 106 Å². The summed E-state index contributed by atoms with van der Waals surface area (Å²) in [5, 5.41) is 0. The van der Waals surface area contributed by atoms with E-state index in [-0.39, 0.29) is 0 Å². The molecule has 0 heteroatoms. The van der Waals surface area contributed by atoms with Gasteiger partial charge in [-0.05, 0) is 36.5 Å². The summed E-state index contributed by atoms with van der Waals surface area (Å²) in [6, 6.07) is 0. The Balaban J connectivity index is 3.92. The highest BCUT2D eigenvalue weighted by Crippen LogP contribution is 2.28. The molecular weight excluding hydrogens is 240 g/mol. The van der Waals surface area contributed by atoms with E-state index in [0.29, 0.717) is 0 Å². The van der Waals surface area contributed by atoms with Gasteiger partial charge in [-0.1, -0.05) is 92.9 Å². The van der Waals surface area contributed by atoms with Crippen molar-refractivity contribution in [2.75, 3.05) is 0 Å². The number of hydrogen-bond donors (Lipinski definition) is 0. The summed E-state index contributed by atoms with van der Waals surface area (Å²) >= 11 is 0. The summed E-state index contributed by atoms with van der Waals surface area (Å²) in [6.45, 7) is 14.4. The lowest BCUT2D eigenvalue weighted by molar-refractivity contribution is 0.277. The second-order valence-electron chi connectivity index (χ2n) is 7.65. The minimum absolute atomic E-state index is 0.867. The Bertz CT molecular complexity index is 176. The first kappa shape index (κ1) is 20.0. The third kappa shape index (κ3) is 10.7. The molecule has 2 unspecified atom stereocenters. The smallest absolute Gasteiger partial charge is 0.0391 e. The molecule has 0 aromatic carbocycles. The van der Waals surface area contributed by atoms with Gasteiger partial charge in [0.25, 0.3) is 0 Å². The fraction of sp³-hybridized carbons (Fsp3) is 1.00. The average molecular weight is 283 g/mol. The summed E-state index contributed by atoms with van der Waals surface area (Å²) in [5.74, 6) is 3.71. The van der Waals surface area contributed by atoms with Crippen LogP contribution in [-0.2, 0) is 0 Å². The molecule has 0 aliphatic carbocycles. The van der Waals surface area contributed by atoms with Gasteiger partial charge < -0.3 is 0 Å². The van der Waals surface area contributed by atoms with E-state index in [1.54, 1.807) is 0 Å². The minimum atomic E-state index is 0.867. The van der Waals surface area contributed by atoms with Crippen molar-refractivity contribution in [3.63, 3.8) is 0 Å². The minimum Gasteiger partial charge on any atom is -0.0654 e. The summed E-state index contributed by atoms with van der Waals surface area (Å²) in [6.07, 6.45) is 14.2. The van der Waals surface area contributed by atoms with E-state index in [9.17, 15) is 0 Å². The third-order valence-corrected chi connectivity index (χ3v) is 5.10. The zero-order valence-corrected chi connectivity index (χ0v) is 15.4. The molecule has 0 aromatic heterocycles. The van der Waals surface area contributed by atoms with Crippen molar-refractivity contribution < 1.29 is 0 Å². The highest BCUT2D eigenvalue weighted by Gasteiger charge is 2.16. The number of unbranched alkanes of at least 4 members (excludes halogenated alkanes) is 2. The molecule has 0 aliphatic rings. The SMILES string of the molecule is CCCCC(C)CCC(CCC(C)CCCC)C(C)C. The van der Waals surface area contributed by atoms with Crippen LogP contribution in [0.3, 0.4) is 0 Å². The normalized spacial score (nSPS) is 16.4. The van der Waals surface area contributed by atoms with E-state index < -0.39 is 0 Å². The van der Waals surface area contributed by atoms with Crippen LogP contribution in [0, 0.1) is 23.7 Å². The standard InChI is InChI=1S/C20H42/c1-7-9-11-18(5)13-15-20(17(3)4)16-14-19(6)12-10-8-2/h17-20H,7-16H2,1-6H3. The van der Waals surface area contributed by atoms with Gasteiger partial charge in [0.1, 0.15) is 0 Å². The molecule has 122 valence electrons. The fourth-order valence-corrected chi connectivity index (χ4v) is 3.20. The molecule has 0 saturated heterocycles.